The maximum absolute atomic E-state index is 12.7. The molecule has 1 amide bonds. The third-order valence-corrected chi connectivity index (χ3v) is 4.30. The summed E-state index contributed by atoms with van der Waals surface area (Å²) in [4.78, 5) is 24.4. The van der Waals surface area contributed by atoms with Gasteiger partial charge in [-0.1, -0.05) is 48.1 Å². The van der Waals surface area contributed by atoms with Crippen LogP contribution in [0.3, 0.4) is 0 Å². The second-order valence-electron chi connectivity index (χ2n) is 6.38. The Hall–Kier alpha value is -3.41. The summed E-state index contributed by atoms with van der Waals surface area (Å²) < 4.78 is 10.5. The van der Waals surface area contributed by atoms with Crippen molar-refractivity contribution in [3.05, 3.63) is 83.9 Å². The Morgan fingerprint density at radius 3 is 2.71 bits per heavy atom. The molecule has 144 valence electrons. The molecule has 28 heavy (non-hydrogen) atoms. The number of rotatable bonds is 6. The first-order chi connectivity index (χ1) is 13.6. The lowest BCUT2D eigenvalue weighted by molar-refractivity contribution is -0.149. The van der Waals surface area contributed by atoms with E-state index in [2.05, 4.69) is 5.10 Å². The van der Waals surface area contributed by atoms with E-state index in [0.29, 0.717) is 12.2 Å². The molecule has 1 aromatic heterocycles. The third kappa shape index (κ3) is 4.65. The van der Waals surface area contributed by atoms with Crippen molar-refractivity contribution < 1.29 is 18.7 Å². The van der Waals surface area contributed by atoms with Crippen LogP contribution in [0.4, 0.5) is 0 Å². The van der Waals surface area contributed by atoms with Gasteiger partial charge in [0.05, 0.1) is 12.0 Å². The van der Waals surface area contributed by atoms with Gasteiger partial charge in [0.1, 0.15) is 11.8 Å². The van der Waals surface area contributed by atoms with Gasteiger partial charge in [-0.3, -0.25) is 4.79 Å². The lowest BCUT2D eigenvalue weighted by atomic mass is 10.0. The minimum Gasteiger partial charge on any atom is -0.467 e. The zero-order chi connectivity index (χ0) is 19.9. The van der Waals surface area contributed by atoms with Crippen LogP contribution in [0.5, 0.6) is 0 Å². The van der Waals surface area contributed by atoms with Gasteiger partial charge in [0.15, 0.2) is 6.61 Å². The molecule has 6 nitrogen and oxygen atoms in total. The number of nitrogens with zero attached hydrogens (tertiary/aromatic N) is 2. The predicted molar refractivity (Wildman–Crippen MR) is 106 cm³/mol. The number of hydrogen-bond acceptors (Lipinski definition) is 5. The van der Waals surface area contributed by atoms with Crippen LogP contribution in [0.2, 0.25) is 0 Å². The third-order valence-electron chi connectivity index (χ3n) is 4.30. The van der Waals surface area contributed by atoms with Gasteiger partial charge in [-0.2, -0.15) is 5.10 Å². The first-order valence-electron chi connectivity index (χ1n) is 9.04. The first-order valence-corrected chi connectivity index (χ1v) is 9.04. The second-order valence-corrected chi connectivity index (χ2v) is 6.38. The molecule has 1 atom stereocenters. The van der Waals surface area contributed by atoms with Gasteiger partial charge in [-0.15, -0.1) is 0 Å². The molecule has 0 fully saturated rings. The zero-order valence-electron chi connectivity index (χ0n) is 15.9. The van der Waals surface area contributed by atoms with Crippen LogP contribution in [0.15, 0.2) is 76.5 Å². The van der Waals surface area contributed by atoms with Crippen molar-refractivity contribution in [2.45, 2.75) is 26.3 Å². The summed E-state index contributed by atoms with van der Waals surface area (Å²) in [5, 5.41) is 5.84. The number of hydrazone groups is 1. The van der Waals surface area contributed by atoms with Crippen molar-refractivity contribution >= 4 is 17.6 Å². The number of allylic oxidation sites excluding steroid dienone is 3. The number of amides is 1. The minimum absolute atomic E-state index is 0.365. The number of benzene rings is 1. The molecular weight excluding hydrogens is 356 g/mol. The number of ether oxygens (including phenoxy) is 1. The van der Waals surface area contributed by atoms with E-state index in [4.69, 9.17) is 9.15 Å². The molecule has 0 bridgehead atoms. The second kappa shape index (κ2) is 8.99. The van der Waals surface area contributed by atoms with Crippen LogP contribution >= 0.6 is 0 Å². The van der Waals surface area contributed by atoms with E-state index in [1.54, 1.807) is 30.6 Å². The molecule has 0 saturated carbocycles. The van der Waals surface area contributed by atoms with Crippen LogP contribution in [-0.2, 0) is 14.3 Å². The lowest BCUT2D eigenvalue weighted by Gasteiger charge is -2.19. The van der Waals surface area contributed by atoms with Crippen LogP contribution in [0.1, 0.15) is 36.3 Å². The highest BCUT2D eigenvalue weighted by Gasteiger charge is 2.35. The van der Waals surface area contributed by atoms with Crippen molar-refractivity contribution in [1.82, 2.24) is 5.01 Å². The Morgan fingerprint density at radius 2 is 2.04 bits per heavy atom. The van der Waals surface area contributed by atoms with Gasteiger partial charge in [0.2, 0.25) is 0 Å². The normalized spacial score (nSPS) is 16.7. The highest BCUT2D eigenvalue weighted by Crippen LogP contribution is 2.33. The van der Waals surface area contributed by atoms with Gasteiger partial charge in [-0.05, 0) is 31.5 Å². The molecule has 6 heteroatoms. The summed E-state index contributed by atoms with van der Waals surface area (Å²) in [6.45, 7) is 3.46. The molecule has 2 aromatic rings. The molecule has 0 radical (unpaired) electrons. The van der Waals surface area contributed by atoms with Gasteiger partial charge in [0, 0.05) is 12.5 Å². The van der Waals surface area contributed by atoms with Crippen molar-refractivity contribution in [1.29, 1.82) is 0 Å². The topological polar surface area (TPSA) is 72.1 Å². The Morgan fingerprint density at radius 1 is 1.25 bits per heavy atom. The molecule has 0 spiro atoms. The minimum atomic E-state index is -0.581. The van der Waals surface area contributed by atoms with E-state index < -0.39 is 11.9 Å². The fourth-order valence-corrected chi connectivity index (χ4v) is 2.86. The molecule has 3 rings (SSSR count). The quantitative estimate of drug-likeness (QED) is 0.434. The monoisotopic (exact) mass is 378 g/mol. The van der Waals surface area contributed by atoms with Crippen molar-refractivity contribution in [3.63, 3.8) is 0 Å². The van der Waals surface area contributed by atoms with E-state index in [-0.39, 0.29) is 12.6 Å². The van der Waals surface area contributed by atoms with Gasteiger partial charge in [0.25, 0.3) is 5.91 Å². The Bertz CT molecular complexity index is 909. The van der Waals surface area contributed by atoms with Crippen molar-refractivity contribution in [3.8, 4) is 0 Å². The van der Waals surface area contributed by atoms with E-state index in [0.717, 1.165) is 16.8 Å². The SMILES string of the molecule is C/C=C/C=C/C(=O)OCC(=O)N1N=C(c2ccc(C)cc2)C[C@H]1c1ccco1. The number of aryl methyl sites for hydroxylation is 1. The van der Waals surface area contributed by atoms with Crippen LogP contribution in [0, 0.1) is 6.92 Å². The van der Waals surface area contributed by atoms with E-state index >= 15 is 0 Å². The summed E-state index contributed by atoms with van der Waals surface area (Å²) in [7, 11) is 0. The Labute approximate surface area is 163 Å². The smallest absolute Gasteiger partial charge is 0.331 e. The lowest BCUT2D eigenvalue weighted by Crippen LogP contribution is -2.31. The molecule has 0 unspecified atom stereocenters. The maximum atomic E-state index is 12.7. The van der Waals surface area contributed by atoms with Crippen LogP contribution in [-0.4, -0.2) is 29.2 Å². The van der Waals surface area contributed by atoms with E-state index in [1.165, 1.54) is 11.1 Å². The molecule has 1 aromatic carbocycles. The number of esters is 1. The standard InChI is InChI=1S/C22H22N2O4/c1-3-4-5-8-22(26)28-15-21(25)24-19(20-7-6-13-27-20)14-18(23-24)17-11-9-16(2)10-12-17/h3-13,19H,14-15H2,1-2H3/b4-3+,8-5+/t19-/m0/s1. The molecule has 1 aliphatic heterocycles. The molecule has 1 aliphatic rings. The van der Waals surface area contributed by atoms with Gasteiger partial charge in [-0.25, -0.2) is 9.80 Å². The Kier molecular flexibility index (Phi) is 6.22. The maximum Gasteiger partial charge on any atom is 0.331 e. The van der Waals surface area contributed by atoms with E-state index in [1.807, 2.05) is 44.2 Å². The predicted octanol–water partition coefficient (Wildman–Crippen LogP) is 3.94. The fourth-order valence-electron chi connectivity index (χ4n) is 2.86. The highest BCUT2D eigenvalue weighted by atomic mass is 16.5. The molecule has 0 aliphatic carbocycles. The van der Waals surface area contributed by atoms with Crippen molar-refractivity contribution in [2.75, 3.05) is 6.61 Å². The summed E-state index contributed by atoms with van der Waals surface area (Å²) >= 11 is 0. The van der Waals surface area contributed by atoms with Crippen molar-refractivity contribution in [2.24, 2.45) is 5.10 Å². The number of carbonyl (C=O) groups excluding carboxylic acids is 2. The molecule has 2 heterocycles. The van der Waals surface area contributed by atoms with Crippen LogP contribution in [0.25, 0.3) is 0 Å². The average Bonchev–Trinajstić information content (AvgIpc) is 3.36. The summed E-state index contributed by atoms with van der Waals surface area (Å²) in [6, 6.07) is 11.2. The summed E-state index contributed by atoms with van der Waals surface area (Å²) in [5.41, 5.74) is 2.88. The largest absolute Gasteiger partial charge is 0.467 e. The van der Waals surface area contributed by atoms with E-state index in [9.17, 15) is 9.59 Å². The molecule has 0 saturated heterocycles. The number of furan rings is 1. The zero-order valence-corrected chi connectivity index (χ0v) is 15.9. The summed E-state index contributed by atoms with van der Waals surface area (Å²) in [5.74, 6) is -0.349. The fraction of sp³-hybridized carbons (Fsp3) is 0.227. The Balaban J connectivity index is 1.75. The molecule has 0 N–H and O–H groups in total. The van der Waals surface area contributed by atoms with Crippen LogP contribution < -0.4 is 0 Å². The highest BCUT2D eigenvalue weighted by molar-refractivity contribution is 6.03. The summed E-state index contributed by atoms with van der Waals surface area (Å²) in [6.07, 6.45) is 8.40. The van der Waals surface area contributed by atoms with Gasteiger partial charge >= 0.3 is 5.97 Å². The first kappa shape index (κ1) is 19.4. The molecular formula is C22H22N2O4. The van der Waals surface area contributed by atoms with Gasteiger partial charge < -0.3 is 9.15 Å². The number of hydrogen-bond donors (Lipinski definition) is 0. The number of carbonyl (C=O) groups is 2. The average molecular weight is 378 g/mol.